The molecule has 0 unspecified atom stereocenters. The van der Waals surface area contributed by atoms with Crippen molar-refractivity contribution in [1.29, 1.82) is 0 Å². The first-order valence-corrected chi connectivity index (χ1v) is 8.23. The fraction of sp³-hybridized carbons (Fsp3) is 0.211. The van der Waals surface area contributed by atoms with Crippen molar-refractivity contribution >= 4 is 23.1 Å². The molecule has 0 saturated carbocycles. The second-order valence-corrected chi connectivity index (χ2v) is 7.00. The number of nitrogens with one attached hydrogen (secondary N) is 1. The van der Waals surface area contributed by atoms with Gasteiger partial charge < -0.3 is 16.8 Å². The molecule has 7 nitrogen and oxygen atoms in total. The highest BCUT2D eigenvalue weighted by Crippen LogP contribution is 2.34. The molecular weight excluding hydrogens is 328 g/mol. The van der Waals surface area contributed by atoms with E-state index in [2.05, 4.69) is 10.3 Å². The Morgan fingerprint density at radius 3 is 2.23 bits per heavy atom. The standard InChI is InChI=1S/C19H22N6O/c1-19(2,3)25-18(23-14-8-10-22-11-9-14)15(17(21)26)16(24-25)12-4-6-13(20)7-5-12/h4-11H,20H2,1-3H3,(H2,21,26)(H,22,23). The number of pyridine rings is 1. The molecule has 7 heteroatoms. The van der Waals surface area contributed by atoms with Gasteiger partial charge in [-0.2, -0.15) is 5.10 Å². The lowest BCUT2D eigenvalue weighted by Gasteiger charge is -2.23. The van der Waals surface area contributed by atoms with Gasteiger partial charge in [-0.3, -0.25) is 9.78 Å². The highest BCUT2D eigenvalue weighted by molar-refractivity contribution is 6.04. The minimum atomic E-state index is -0.552. The third-order valence-electron chi connectivity index (χ3n) is 3.89. The molecule has 3 aromatic rings. The van der Waals surface area contributed by atoms with Crippen LogP contribution in [0, 0.1) is 0 Å². The van der Waals surface area contributed by atoms with E-state index in [1.165, 1.54) is 0 Å². The molecule has 0 spiro atoms. The Hall–Kier alpha value is -3.35. The summed E-state index contributed by atoms with van der Waals surface area (Å²) < 4.78 is 1.78. The summed E-state index contributed by atoms with van der Waals surface area (Å²) in [6.45, 7) is 6.03. The predicted molar refractivity (Wildman–Crippen MR) is 103 cm³/mol. The molecule has 0 aliphatic carbocycles. The highest BCUT2D eigenvalue weighted by atomic mass is 16.1. The van der Waals surface area contributed by atoms with Crippen molar-refractivity contribution in [2.75, 3.05) is 11.1 Å². The first-order chi connectivity index (χ1) is 12.3. The second kappa shape index (κ2) is 6.51. The van der Waals surface area contributed by atoms with Gasteiger partial charge in [0, 0.05) is 29.3 Å². The molecule has 0 fully saturated rings. The zero-order valence-electron chi connectivity index (χ0n) is 15.0. The number of carbonyl (C=O) groups is 1. The average molecular weight is 350 g/mol. The molecule has 3 rings (SSSR count). The Balaban J connectivity index is 2.23. The summed E-state index contributed by atoms with van der Waals surface area (Å²) in [5, 5.41) is 7.96. The van der Waals surface area contributed by atoms with Crippen LogP contribution in [0.25, 0.3) is 11.3 Å². The SMILES string of the molecule is CC(C)(C)n1nc(-c2ccc(N)cc2)c(C(N)=O)c1Nc1ccncc1. The molecule has 0 atom stereocenters. The van der Waals surface area contributed by atoms with Crippen LogP contribution in [-0.2, 0) is 5.54 Å². The molecule has 26 heavy (non-hydrogen) atoms. The normalized spacial score (nSPS) is 11.3. The Morgan fingerprint density at radius 2 is 1.69 bits per heavy atom. The van der Waals surface area contributed by atoms with Gasteiger partial charge in [-0.25, -0.2) is 4.68 Å². The summed E-state index contributed by atoms with van der Waals surface area (Å²) in [7, 11) is 0. The van der Waals surface area contributed by atoms with Gasteiger partial charge in [0.15, 0.2) is 0 Å². The molecule has 2 aromatic heterocycles. The van der Waals surface area contributed by atoms with Gasteiger partial charge >= 0.3 is 0 Å². The van der Waals surface area contributed by atoms with E-state index in [0.717, 1.165) is 11.3 Å². The summed E-state index contributed by atoms with van der Waals surface area (Å²) >= 11 is 0. The van der Waals surface area contributed by atoms with E-state index in [-0.39, 0.29) is 5.54 Å². The molecule has 0 bridgehead atoms. The van der Waals surface area contributed by atoms with Crippen molar-refractivity contribution in [3.63, 3.8) is 0 Å². The molecule has 2 heterocycles. The number of benzene rings is 1. The summed E-state index contributed by atoms with van der Waals surface area (Å²) in [6.07, 6.45) is 3.34. The summed E-state index contributed by atoms with van der Waals surface area (Å²) in [4.78, 5) is 16.3. The topological polar surface area (TPSA) is 112 Å². The molecule has 5 N–H and O–H groups in total. The molecule has 0 aliphatic rings. The maximum atomic E-state index is 12.3. The second-order valence-electron chi connectivity index (χ2n) is 7.00. The zero-order valence-corrected chi connectivity index (χ0v) is 15.0. The molecule has 1 amide bonds. The predicted octanol–water partition coefficient (Wildman–Crippen LogP) is 3.12. The van der Waals surface area contributed by atoms with Crippen LogP contribution in [0.15, 0.2) is 48.8 Å². The largest absolute Gasteiger partial charge is 0.399 e. The van der Waals surface area contributed by atoms with E-state index in [1.54, 1.807) is 29.2 Å². The van der Waals surface area contributed by atoms with Gasteiger partial charge in [-0.15, -0.1) is 0 Å². The average Bonchev–Trinajstić information content (AvgIpc) is 2.96. The molecular formula is C19H22N6O. The van der Waals surface area contributed by atoms with Gasteiger partial charge in [0.25, 0.3) is 5.91 Å². The number of hydrogen-bond acceptors (Lipinski definition) is 5. The first-order valence-electron chi connectivity index (χ1n) is 8.23. The number of nitrogens with zero attached hydrogens (tertiary/aromatic N) is 3. The van der Waals surface area contributed by atoms with E-state index in [0.29, 0.717) is 22.8 Å². The molecule has 0 radical (unpaired) electrons. The van der Waals surface area contributed by atoms with Crippen LogP contribution in [0.4, 0.5) is 17.2 Å². The van der Waals surface area contributed by atoms with Crippen molar-refractivity contribution in [1.82, 2.24) is 14.8 Å². The monoisotopic (exact) mass is 350 g/mol. The highest BCUT2D eigenvalue weighted by Gasteiger charge is 2.28. The van der Waals surface area contributed by atoms with Gasteiger partial charge in [-0.05, 0) is 45.0 Å². The van der Waals surface area contributed by atoms with E-state index < -0.39 is 5.91 Å². The quantitative estimate of drug-likeness (QED) is 0.626. The third-order valence-corrected chi connectivity index (χ3v) is 3.89. The number of primary amides is 1. The van der Waals surface area contributed by atoms with Crippen LogP contribution in [0.2, 0.25) is 0 Å². The lowest BCUT2D eigenvalue weighted by atomic mass is 10.1. The van der Waals surface area contributed by atoms with Crippen molar-refractivity contribution in [2.24, 2.45) is 5.73 Å². The lowest BCUT2D eigenvalue weighted by molar-refractivity contribution is 0.100. The van der Waals surface area contributed by atoms with Gasteiger partial charge in [0.05, 0.1) is 5.54 Å². The molecule has 0 saturated heterocycles. The van der Waals surface area contributed by atoms with Crippen molar-refractivity contribution in [3.8, 4) is 11.3 Å². The van der Waals surface area contributed by atoms with Crippen molar-refractivity contribution in [2.45, 2.75) is 26.3 Å². The van der Waals surface area contributed by atoms with Crippen LogP contribution >= 0.6 is 0 Å². The maximum Gasteiger partial charge on any atom is 0.254 e. The lowest BCUT2D eigenvalue weighted by Crippen LogP contribution is -2.25. The van der Waals surface area contributed by atoms with E-state index in [1.807, 2.05) is 45.0 Å². The summed E-state index contributed by atoms with van der Waals surface area (Å²) in [6, 6.07) is 10.8. The number of aromatic nitrogens is 3. The number of nitrogen functional groups attached to an aromatic ring is 1. The number of anilines is 3. The van der Waals surface area contributed by atoms with E-state index in [4.69, 9.17) is 16.6 Å². The van der Waals surface area contributed by atoms with Crippen molar-refractivity contribution < 1.29 is 4.79 Å². The number of carbonyl (C=O) groups excluding carboxylic acids is 1. The number of amides is 1. The first kappa shape index (κ1) is 17.5. The third kappa shape index (κ3) is 3.37. The van der Waals surface area contributed by atoms with Gasteiger partial charge in [0.2, 0.25) is 0 Å². The Bertz CT molecular complexity index is 923. The smallest absolute Gasteiger partial charge is 0.254 e. The van der Waals surface area contributed by atoms with Crippen LogP contribution in [-0.4, -0.2) is 20.7 Å². The molecule has 0 aliphatic heterocycles. The fourth-order valence-electron chi connectivity index (χ4n) is 2.67. The van der Waals surface area contributed by atoms with Gasteiger partial charge in [0.1, 0.15) is 17.1 Å². The Labute approximate surface area is 152 Å². The van der Waals surface area contributed by atoms with E-state index >= 15 is 0 Å². The summed E-state index contributed by atoms with van der Waals surface area (Å²) in [5.74, 6) is -0.00749. The summed E-state index contributed by atoms with van der Waals surface area (Å²) in [5.41, 5.74) is 14.2. The van der Waals surface area contributed by atoms with Gasteiger partial charge in [-0.1, -0.05) is 12.1 Å². The minimum Gasteiger partial charge on any atom is -0.399 e. The van der Waals surface area contributed by atoms with Crippen molar-refractivity contribution in [3.05, 3.63) is 54.4 Å². The zero-order chi connectivity index (χ0) is 18.9. The number of nitrogens with two attached hydrogens (primary N) is 2. The van der Waals surface area contributed by atoms with Crippen LogP contribution in [0.3, 0.4) is 0 Å². The Morgan fingerprint density at radius 1 is 1.08 bits per heavy atom. The minimum absolute atomic E-state index is 0.335. The van der Waals surface area contributed by atoms with E-state index in [9.17, 15) is 4.79 Å². The van der Waals surface area contributed by atoms with Crippen LogP contribution < -0.4 is 16.8 Å². The molecule has 1 aromatic carbocycles. The molecule has 134 valence electrons. The fourth-order valence-corrected chi connectivity index (χ4v) is 2.67. The van der Waals surface area contributed by atoms with Crippen LogP contribution in [0.5, 0.6) is 0 Å². The Kier molecular flexibility index (Phi) is 4.38. The number of hydrogen-bond donors (Lipinski definition) is 3. The maximum absolute atomic E-state index is 12.3. The number of rotatable bonds is 4. The van der Waals surface area contributed by atoms with Crippen LogP contribution in [0.1, 0.15) is 31.1 Å².